The highest BCUT2D eigenvalue weighted by atomic mass is 35.5. The molecule has 1 heterocycles. The van der Waals surface area contributed by atoms with Gasteiger partial charge in [-0.3, -0.25) is 4.79 Å². The number of hydrogen-bond donors (Lipinski definition) is 1. The molecule has 0 spiro atoms. The van der Waals surface area contributed by atoms with Crippen molar-refractivity contribution in [3.63, 3.8) is 0 Å². The van der Waals surface area contributed by atoms with Crippen LogP contribution in [0.3, 0.4) is 0 Å². The first-order valence-corrected chi connectivity index (χ1v) is 8.72. The summed E-state index contributed by atoms with van der Waals surface area (Å²) < 4.78 is 34.5. The Balaban J connectivity index is 0.00000243. The van der Waals surface area contributed by atoms with Crippen molar-refractivity contribution in [1.29, 1.82) is 0 Å². The van der Waals surface area contributed by atoms with E-state index in [0.29, 0.717) is 24.7 Å². The summed E-state index contributed by atoms with van der Waals surface area (Å²) in [6.45, 7) is -0.561. The van der Waals surface area contributed by atoms with E-state index < -0.39 is 6.61 Å². The maximum atomic E-state index is 12.6. The van der Waals surface area contributed by atoms with Gasteiger partial charge in [-0.1, -0.05) is 0 Å². The van der Waals surface area contributed by atoms with Crippen LogP contribution in [0.4, 0.5) is 8.78 Å². The van der Waals surface area contributed by atoms with E-state index in [4.69, 9.17) is 4.74 Å². The normalized spacial score (nSPS) is 17.8. The molecular weight excluding hydrogens is 366 g/mol. The molecule has 3 rings (SSSR count). The van der Waals surface area contributed by atoms with Gasteiger partial charge in [-0.05, 0) is 56.3 Å². The number of carbonyl (C=O) groups excluding carboxylic acids is 1. The van der Waals surface area contributed by atoms with Crippen LogP contribution in [0.2, 0.25) is 0 Å². The Morgan fingerprint density at radius 1 is 1.23 bits per heavy atom. The molecular formula is C18H25ClF2N2O3. The molecule has 1 N–H and O–H groups in total. The van der Waals surface area contributed by atoms with Gasteiger partial charge in [0.25, 0.3) is 5.91 Å². The number of ether oxygens (including phenoxy) is 2. The van der Waals surface area contributed by atoms with Gasteiger partial charge in [0.05, 0.1) is 7.11 Å². The third-order valence-corrected chi connectivity index (χ3v) is 4.80. The summed E-state index contributed by atoms with van der Waals surface area (Å²) >= 11 is 0. The fourth-order valence-corrected chi connectivity index (χ4v) is 3.12. The Labute approximate surface area is 158 Å². The van der Waals surface area contributed by atoms with Gasteiger partial charge in [0, 0.05) is 24.7 Å². The lowest BCUT2D eigenvalue weighted by Crippen LogP contribution is -2.45. The Hall–Kier alpha value is -1.60. The summed E-state index contributed by atoms with van der Waals surface area (Å²) in [5, 5.41) is 3.57. The number of piperidine rings is 1. The van der Waals surface area contributed by atoms with Gasteiger partial charge >= 0.3 is 6.61 Å². The molecule has 1 aliphatic heterocycles. The second kappa shape index (κ2) is 9.37. The highest BCUT2D eigenvalue weighted by molar-refractivity contribution is 5.95. The van der Waals surface area contributed by atoms with Crippen molar-refractivity contribution in [2.75, 3.05) is 26.7 Å². The Morgan fingerprint density at radius 3 is 2.50 bits per heavy atom. The monoisotopic (exact) mass is 390 g/mol. The highest BCUT2D eigenvalue weighted by Crippen LogP contribution is 2.30. The summed E-state index contributed by atoms with van der Waals surface area (Å²) in [6.07, 6.45) is 4.47. The molecule has 1 saturated carbocycles. The number of halogens is 3. The Bertz CT molecular complexity index is 606. The summed E-state index contributed by atoms with van der Waals surface area (Å²) in [5.74, 6) is 0.735. The summed E-state index contributed by atoms with van der Waals surface area (Å²) in [4.78, 5) is 14.4. The average molecular weight is 391 g/mol. The fraction of sp³-hybridized carbons (Fsp3) is 0.611. The average Bonchev–Trinajstić information content (AvgIpc) is 3.43. The maximum Gasteiger partial charge on any atom is 0.387 e. The Morgan fingerprint density at radius 2 is 1.92 bits per heavy atom. The van der Waals surface area contributed by atoms with Gasteiger partial charge in [-0.2, -0.15) is 8.78 Å². The number of carbonyl (C=O) groups is 1. The second-order valence-electron chi connectivity index (χ2n) is 6.66. The van der Waals surface area contributed by atoms with Crippen LogP contribution in [0.25, 0.3) is 0 Å². The number of likely N-dealkylation sites (tertiary alicyclic amines) is 1. The minimum absolute atomic E-state index is 0. The number of rotatable bonds is 7. The van der Waals surface area contributed by atoms with Crippen LogP contribution in [0.1, 0.15) is 36.0 Å². The lowest BCUT2D eigenvalue weighted by atomic mass is 10.0. The van der Waals surface area contributed by atoms with Crippen molar-refractivity contribution in [2.24, 2.45) is 5.92 Å². The summed E-state index contributed by atoms with van der Waals surface area (Å²) in [6, 6.07) is 4.84. The molecule has 146 valence electrons. The maximum absolute atomic E-state index is 12.6. The number of benzene rings is 1. The van der Waals surface area contributed by atoms with E-state index in [0.717, 1.165) is 25.3 Å². The van der Waals surface area contributed by atoms with E-state index in [2.05, 4.69) is 10.1 Å². The first kappa shape index (κ1) is 20.7. The third kappa shape index (κ3) is 5.45. The van der Waals surface area contributed by atoms with Crippen LogP contribution in [0.5, 0.6) is 11.5 Å². The van der Waals surface area contributed by atoms with Crippen molar-refractivity contribution in [1.82, 2.24) is 10.2 Å². The quantitative estimate of drug-likeness (QED) is 0.776. The van der Waals surface area contributed by atoms with Gasteiger partial charge in [0.15, 0.2) is 11.5 Å². The molecule has 0 aromatic heterocycles. The zero-order valence-electron chi connectivity index (χ0n) is 14.7. The molecule has 26 heavy (non-hydrogen) atoms. The lowest BCUT2D eigenvalue weighted by molar-refractivity contribution is -0.0512. The van der Waals surface area contributed by atoms with Gasteiger partial charge in [-0.15, -0.1) is 12.4 Å². The largest absolute Gasteiger partial charge is 0.493 e. The molecule has 0 unspecified atom stereocenters. The SMILES string of the molecule is COc1ccc(C(=O)N2CCC(NCC3CC3)CC2)cc1OC(F)F.Cl. The molecule has 1 aliphatic carbocycles. The second-order valence-corrected chi connectivity index (χ2v) is 6.66. The number of nitrogens with zero attached hydrogens (tertiary/aromatic N) is 1. The van der Waals surface area contributed by atoms with E-state index in [1.807, 2.05) is 0 Å². The molecule has 2 fully saturated rings. The fourth-order valence-electron chi connectivity index (χ4n) is 3.12. The van der Waals surface area contributed by atoms with Crippen LogP contribution < -0.4 is 14.8 Å². The number of amides is 1. The van der Waals surface area contributed by atoms with Crippen molar-refractivity contribution >= 4 is 18.3 Å². The predicted octanol–water partition coefficient (Wildman–Crippen LogP) is 3.32. The van der Waals surface area contributed by atoms with Crippen LogP contribution >= 0.6 is 12.4 Å². The zero-order chi connectivity index (χ0) is 17.8. The van der Waals surface area contributed by atoms with Crippen molar-refractivity contribution < 1.29 is 23.0 Å². The van der Waals surface area contributed by atoms with E-state index in [-0.39, 0.29) is 29.8 Å². The molecule has 1 saturated heterocycles. The van der Waals surface area contributed by atoms with Crippen LogP contribution in [-0.2, 0) is 0 Å². The van der Waals surface area contributed by atoms with Gasteiger partial charge in [0.1, 0.15) is 0 Å². The predicted molar refractivity (Wildman–Crippen MR) is 96.5 cm³/mol. The van der Waals surface area contributed by atoms with Crippen molar-refractivity contribution in [3.05, 3.63) is 23.8 Å². The van der Waals surface area contributed by atoms with Crippen molar-refractivity contribution in [2.45, 2.75) is 38.3 Å². The minimum Gasteiger partial charge on any atom is -0.493 e. The summed E-state index contributed by atoms with van der Waals surface area (Å²) in [7, 11) is 1.37. The van der Waals surface area contributed by atoms with Crippen LogP contribution in [0, 0.1) is 5.92 Å². The molecule has 2 aliphatic rings. The van der Waals surface area contributed by atoms with Gasteiger partial charge < -0.3 is 19.7 Å². The number of alkyl halides is 2. The number of hydrogen-bond acceptors (Lipinski definition) is 4. The van der Waals surface area contributed by atoms with E-state index in [9.17, 15) is 13.6 Å². The highest BCUT2D eigenvalue weighted by Gasteiger charge is 2.27. The van der Waals surface area contributed by atoms with Gasteiger partial charge in [0.2, 0.25) is 0 Å². The molecule has 0 radical (unpaired) electrons. The third-order valence-electron chi connectivity index (χ3n) is 4.80. The van der Waals surface area contributed by atoms with Gasteiger partial charge in [-0.25, -0.2) is 0 Å². The van der Waals surface area contributed by atoms with Crippen molar-refractivity contribution in [3.8, 4) is 11.5 Å². The number of methoxy groups -OCH3 is 1. The Kier molecular flexibility index (Phi) is 7.46. The lowest BCUT2D eigenvalue weighted by Gasteiger charge is -2.32. The smallest absolute Gasteiger partial charge is 0.387 e. The molecule has 1 amide bonds. The molecule has 1 aromatic rings. The van der Waals surface area contributed by atoms with E-state index >= 15 is 0 Å². The molecule has 8 heteroatoms. The molecule has 1 aromatic carbocycles. The number of nitrogens with one attached hydrogen (secondary N) is 1. The first-order chi connectivity index (χ1) is 12.1. The minimum atomic E-state index is -2.97. The van der Waals surface area contributed by atoms with E-state index in [1.54, 1.807) is 11.0 Å². The topological polar surface area (TPSA) is 50.8 Å². The standard InChI is InChI=1S/C18H24F2N2O3.ClH/c1-24-15-5-4-13(10-16(15)25-18(19)20)17(23)22-8-6-14(7-9-22)21-11-12-2-3-12;/h4-5,10,12,14,18,21H,2-3,6-9,11H2,1H3;1H. The van der Waals surface area contributed by atoms with E-state index in [1.165, 1.54) is 32.1 Å². The zero-order valence-corrected chi connectivity index (χ0v) is 15.6. The summed E-state index contributed by atoms with van der Waals surface area (Å²) in [5.41, 5.74) is 0.334. The molecule has 0 atom stereocenters. The first-order valence-electron chi connectivity index (χ1n) is 8.72. The van der Waals surface area contributed by atoms with Crippen LogP contribution in [0.15, 0.2) is 18.2 Å². The molecule has 5 nitrogen and oxygen atoms in total. The van der Waals surface area contributed by atoms with Crippen LogP contribution in [-0.4, -0.2) is 50.2 Å². The molecule has 0 bridgehead atoms.